The molecule has 98 valence electrons. The van der Waals surface area contributed by atoms with Crippen LogP contribution in [0.15, 0.2) is 12.2 Å². The van der Waals surface area contributed by atoms with Gasteiger partial charge in [-0.25, -0.2) is 0 Å². The SMILES string of the molecule is C=C1CC(CCCCC#N)C(COCCC#N)C1. The Morgan fingerprint density at radius 2 is 1.83 bits per heavy atom. The van der Waals surface area contributed by atoms with Crippen LogP contribution in [0, 0.1) is 34.5 Å². The standard InChI is InChI=1S/C15H22N2O/c1-13-10-14(6-3-2-4-7-16)15(11-13)12-18-9-5-8-17/h14-15H,1-6,9-12H2. The second-order valence-electron chi connectivity index (χ2n) is 5.07. The highest BCUT2D eigenvalue weighted by molar-refractivity contribution is 5.05. The summed E-state index contributed by atoms with van der Waals surface area (Å²) in [5.41, 5.74) is 1.33. The van der Waals surface area contributed by atoms with Gasteiger partial charge in [-0.2, -0.15) is 10.5 Å². The van der Waals surface area contributed by atoms with E-state index in [2.05, 4.69) is 18.7 Å². The zero-order valence-corrected chi connectivity index (χ0v) is 11.0. The van der Waals surface area contributed by atoms with Crippen LogP contribution in [0.25, 0.3) is 0 Å². The summed E-state index contributed by atoms with van der Waals surface area (Å²) in [5.74, 6) is 1.23. The van der Waals surface area contributed by atoms with Gasteiger partial charge in [0.1, 0.15) is 0 Å². The van der Waals surface area contributed by atoms with Gasteiger partial charge in [-0.1, -0.05) is 18.6 Å². The summed E-state index contributed by atoms with van der Waals surface area (Å²) in [6, 6.07) is 4.28. The van der Waals surface area contributed by atoms with Crippen LogP contribution < -0.4 is 0 Å². The van der Waals surface area contributed by atoms with Gasteiger partial charge in [-0.05, 0) is 37.5 Å². The number of allylic oxidation sites excluding steroid dienone is 1. The Kier molecular flexibility index (Phi) is 7.14. The molecular formula is C15H22N2O. The lowest BCUT2D eigenvalue weighted by atomic mass is 9.91. The molecule has 0 radical (unpaired) electrons. The summed E-state index contributed by atoms with van der Waals surface area (Å²) in [7, 11) is 0. The maximum absolute atomic E-state index is 8.51. The number of nitriles is 2. The highest BCUT2D eigenvalue weighted by Crippen LogP contribution is 2.38. The Morgan fingerprint density at radius 3 is 2.56 bits per heavy atom. The second kappa shape index (κ2) is 8.72. The molecule has 1 fully saturated rings. The van der Waals surface area contributed by atoms with Gasteiger partial charge < -0.3 is 4.74 Å². The van der Waals surface area contributed by atoms with Crippen LogP contribution in [-0.4, -0.2) is 13.2 Å². The fourth-order valence-corrected chi connectivity index (χ4v) is 2.65. The normalized spacial score (nSPS) is 22.7. The van der Waals surface area contributed by atoms with Crippen molar-refractivity contribution in [2.75, 3.05) is 13.2 Å². The van der Waals surface area contributed by atoms with Gasteiger partial charge >= 0.3 is 0 Å². The average Bonchev–Trinajstić information content (AvgIpc) is 2.71. The lowest BCUT2D eigenvalue weighted by Gasteiger charge is -2.18. The number of unbranched alkanes of at least 4 members (excludes halogenated alkanes) is 2. The van der Waals surface area contributed by atoms with Crippen molar-refractivity contribution in [1.82, 2.24) is 0 Å². The molecule has 1 aliphatic carbocycles. The molecule has 2 atom stereocenters. The molecular weight excluding hydrogens is 224 g/mol. The summed E-state index contributed by atoms with van der Waals surface area (Å²) in [4.78, 5) is 0. The summed E-state index contributed by atoms with van der Waals surface area (Å²) < 4.78 is 5.55. The van der Waals surface area contributed by atoms with E-state index in [1.165, 1.54) is 12.0 Å². The molecule has 0 heterocycles. The molecule has 1 rings (SSSR count). The van der Waals surface area contributed by atoms with Crippen molar-refractivity contribution in [3.63, 3.8) is 0 Å². The van der Waals surface area contributed by atoms with Crippen molar-refractivity contribution in [3.8, 4) is 12.1 Å². The van der Waals surface area contributed by atoms with E-state index in [4.69, 9.17) is 15.3 Å². The third kappa shape index (κ3) is 5.34. The molecule has 0 saturated heterocycles. The molecule has 0 bridgehead atoms. The quantitative estimate of drug-likeness (QED) is 0.486. The summed E-state index contributed by atoms with van der Waals surface area (Å²) in [6.45, 7) is 5.38. The topological polar surface area (TPSA) is 56.8 Å². The summed E-state index contributed by atoms with van der Waals surface area (Å²) >= 11 is 0. The molecule has 0 aliphatic heterocycles. The molecule has 0 aromatic rings. The van der Waals surface area contributed by atoms with E-state index in [1.54, 1.807) is 0 Å². The van der Waals surface area contributed by atoms with Crippen molar-refractivity contribution in [3.05, 3.63) is 12.2 Å². The third-order valence-electron chi connectivity index (χ3n) is 3.57. The second-order valence-corrected chi connectivity index (χ2v) is 5.07. The number of rotatable bonds is 8. The predicted octanol–water partition coefficient (Wildman–Crippen LogP) is 3.58. The lowest BCUT2D eigenvalue weighted by molar-refractivity contribution is 0.0879. The van der Waals surface area contributed by atoms with Crippen LogP contribution >= 0.6 is 0 Å². The van der Waals surface area contributed by atoms with Gasteiger partial charge in [-0.3, -0.25) is 0 Å². The minimum atomic E-state index is 0.473. The van der Waals surface area contributed by atoms with E-state index in [0.717, 1.165) is 32.3 Å². The van der Waals surface area contributed by atoms with E-state index in [1.807, 2.05) is 0 Å². The zero-order chi connectivity index (χ0) is 13.2. The van der Waals surface area contributed by atoms with Gasteiger partial charge in [0.25, 0.3) is 0 Å². The van der Waals surface area contributed by atoms with Crippen molar-refractivity contribution in [2.45, 2.75) is 44.9 Å². The number of hydrogen-bond acceptors (Lipinski definition) is 3. The molecule has 2 unspecified atom stereocenters. The largest absolute Gasteiger partial charge is 0.380 e. The molecule has 0 spiro atoms. The smallest absolute Gasteiger partial charge is 0.0645 e. The average molecular weight is 246 g/mol. The van der Waals surface area contributed by atoms with E-state index >= 15 is 0 Å². The maximum atomic E-state index is 8.51. The predicted molar refractivity (Wildman–Crippen MR) is 70.5 cm³/mol. The Labute approximate surface area is 110 Å². The first-order valence-electron chi connectivity index (χ1n) is 6.76. The minimum Gasteiger partial charge on any atom is -0.380 e. The van der Waals surface area contributed by atoms with Crippen molar-refractivity contribution in [1.29, 1.82) is 10.5 Å². The van der Waals surface area contributed by atoms with Crippen LogP contribution in [0.4, 0.5) is 0 Å². The van der Waals surface area contributed by atoms with Gasteiger partial charge in [0, 0.05) is 6.42 Å². The van der Waals surface area contributed by atoms with Crippen LogP contribution in [0.3, 0.4) is 0 Å². The van der Waals surface area contributed by atoms with Crippen molar-refractivity contribution in [2.24, 2.45) is 11.8 Å². The van der Waals surface area contributed by atoms with Crippen molar-refractivity contribution >= 4 is 0 Å². The van der Waals surface area contributed by atoms with E-state index in [-0.39, 0.29) is 0 Å². The molecule has 0 amide bonds. The molecule has 1 aliphatic rings. The molecule has 0 aromatic carbocycles. The van der Waals surface area contributed by atoms with Gasteiger partial charge in [0.2, 0.25) is 0 Å². The molecule has 1 saturated carbocycles. The summed E-state index contributed by atoms with van der Waals surface area (Å²) in [5, 5.41) is 17.0. The zero-order valence-electron chi connectivity index (χ0n) is 11.0. The Balaban J connectivity index is 2.24. The number of hydrogen-bond donors (Lipinski definition) is 0. The minimum absolute atomic E-state index is 0.473. The van der Waals surface area contributed by atoms with Crippen LogP contribution in [-0.2, 0) is 4.74 Å². The van der Waals surface area contributed by atoms with Crippen LogP contribution in [0.1, 0.15) is 44.9 Å². The molecule has 3 heteroatoms. The van der Waals surface area contributed by atoms with Crippen LogP contribution in [0.5, 0.6) is 0 Å². The molecule has 0 N–H and O–H groups in total. The highest BCUT2D eigenvalue weighted by atomic mass is 16.5. The van der Waals surface area contributed by atoms with Crippen molar-refractivity contribution < 1.29 is 4.74 Å². The Hall–Kier alpha value is -1.32. The first-order chi connectivity index (χ1) is 8.77. The van der Waals surface area contributed by atoms with Gasteiger partial charge in [0.05, 0.1) is 31.8 Å². The fourth-order valence-electron chi connectivity index (χ4n) is 2.65. The first-order valence-corrected chi connectivity index (χ1v) is 6.76. The van der Waals surface area contributed by atoms with Gasteiger partial charge in [-0.15, -0.1) is 0 Å². The van der Waals surface area contributed by atoms with E-state index in [9.17, 15) is 0 Å². The monoisotopic (exact) mass is 246 g/mol. The Bertz CT molecular complexity index is 305. The van der Waals surface area contributed by atoms with E-state index in [0.29, 0.717) is 31.3 Å². The van der Waals surface area contributed by atoms with Gasteiger partial charge in [0.15, 0.2) is 0 Å². The maximum Gasteiger partial charge on any atom is 0.0645 e. The molecule has 3 nitrogen and oxygen atoms in total. The van der Waals surface area contributed by atoms with E-state index < -0.39 is 0 Å². The Morgan fingerprint density at radius 1 is 1.11 bits per heavy atom. The fraction of sp³-hybridized carbons (Fsp3) is 0.733. The highest BCUT2D eigenvalue weighted by Gasteiger charge is 2.29. The number of ether oxygens (including phenoxy) is 1. The number of nitrogens with zero attached hydrogens (tertiary/aromatic N) is 2. The molecule has 0 aromatic heterocycles. The lowest BCUT2D eigenvalue weighted by Crippen LogP contribution is -2.15. The third-order valence-corrected chi connectivity index (χ3v) is 3.57. The van der Waals surface area contributed by atoms with Crippen LogP contribution in [0.2, 0.25) is 0 Å². The molecule has 18 heavy (non-hydrogen) atoms. The summed E-state index contributed by atoms with van der Waals surface area (Å²) in [6.07, 6.45) is 6.61. The first kappa shape index (κ1) is 14.7.